The summed E-state index contributed by atoms with van der Waals surface area (Å²) in [5, 5.41) is 14.3. The standard InChI is InChI=1S/C24H29N3O5/c1-5-12-26-22(28)20-13-18(27(30)31)8-11-21(20)24(26,14-16(2)3)23(29)25-15-17-6-9-19(32-4)10-7-17/h6-11,13,16H,5,12,14-15H2,1-4H3,(H,25,29). The number of hydrogen-bond acceptors (Lipinski definition) is 5. The van der Waals surface area contributed by atoms with E-state index in [0.29, 0.717) is 31.5 Å². The van der Waals surface area contributed by atoms with Crippen LogP contribution in [0.2, 0.25) is 0 Å². The van der Waals surface area contributed by atoms with Gasteiger partial charge >= 0.3 is 0 Å². The van der Waals surface area contributed by atoms with Gasteiger partial charge in [-0.05, 0) is 42.5 Å². The summed E-state index contributed by atoms with van der Waals surface area (Å²) in [6.45, 7) is 6.60. The second kappa shape index (κ2) is 9.38. The molecule has 0 saturated carbocycles. The van der Waals surface area contributed by atoms with Crippen LogP contribution in [-0.2, 0) is 16.9 Å². The lowest BCUT2D eigenvalue weighted by Gasteiger charge is -2.39. The molecule has 1 aliphatic heterocycles. The number of methoxy groups -OCH3 is 1. The molecule has 0 saturated heterocycles. The molecule has 8 heteroatoms. The fraction of sp³-hybridized carbons (Fsp3) is 0.417. The molecule has 1 aliphatic rings. The zero-order chi connectivity index (χ0) is 23.5. The van der Waals surface area contributed by atoms with Gasteiger partial charge in [-0.25, -0.2) is 0 Å². The summed E-state index contributed by atoms with van der Waals surface area (Å²) < 4.78 is 5.17. The maximum atomic E-state index is 13.7. The van der Waals surface area contributed by atoms with E-state index >= 15 is 0 Å². The molecule has 170 valence electrons. The van der Waals surface area contributed by atoms with E-state index in [-0.39, 0.29) is 29.0 Å². The Labute approximate surface area is 187 Å². The maximum absolute atomic E-state index is 13.7. The van der Waals surface area contributed by atoms with Gasteiger partial charge in [0.1, 0.15) is 11.3 Å². The molecule has 2 aromatic carbocycles. The third kappa shape index (κ3) is 4.17. The van der Waals surface area contributed by atoms with Crippen LogP contribution in [0.3, 0.4) is 0 Å². The number of carbonyl (C=O) groups is 2. The number of fused-ring (bicyclic) bond motifs is 1. The second-order valence-electron chi connectivity index (χ2n) is 8.43. The van der Waals surface area contributed by atoms with Crippen molar-refractivity contribution in [1.29, 1.82) is 0 Å². The molecule has 1 unspecified atom stereocenters. The fourth-order valence-corrected chi connectivity index (χ4v) is 4.38. The second-order valence-corrected chi connectivity index (χ2v) is 8.43. The zero-order valence-corrected chi connectivity index (χ0v) is 18.9. The molecule has 8 nitrogen and oxygen atoms in total. The molecule has 2 amide bonds. The zero-order valence-electron chi connectivity index (χ0n) is 18.9. The average Bonchev–Trinajstić information content (AvgIpc) is 3.00. The first kappa shape index (κ1) is 23.2. The smallest absolute Gasteiger partial charge is 0.270 e. The number of nitro groups is 1. The number of amides is 2. The number of nitrogens with zero attached hydrogens (tertiary/aromatic N) is 2. The third-order valence-corrected chi connectivity index (χ3v) is 5.73. The number of benzene rings is 2. The minimum absolute atomic E-state index is 0.107. The average molecular weight is 440 g/mol. The molecule has 1 N–H and O–H groups in total. The SMILES string of the molecule is CCCN1C(=O)c2cc([N+](=O)[O-])ccc2C1(CC(C)C)C(=O)NCc1ccc(OC)cc1. The molecular formula is C24H29N3O5. The predicted octanol–water partition coefficient (Wildman–Crippen LogP) is 4.03. The van der Waals surface area contributed by atoms with Gasteiger partial charge in [0.15, 0.2) is 0 Å². The highest BCUT2D eigenvalue weighted by atomic mass is 16.6. The van der Waals surface area contributed by atoms with Gasteiger partial charge in [-0.2, -0.15) is 0 Å². The van der Waals surface area contributed by atoms with Crippen molar-refractivity contribution in [2.75, 3.05) is 13.7 Å². The number of rotatable bonds is 9. The minimum Gasteiger partial charge on any atom is -0.497 e. The van der Waals surface area contributed by atoms with E-state index < -0.39 is 10.5 Å². The maximum Gasteiger partial charge on any atom is 0.270 e. The first-order valence-electron chi connectivity index (χ1n) is 10.8. The number of carbonyl (C=O) groups excluding carboxylic acids is 2. The van der Waals surface area contributed by atoms with E-state index in [1.54, 1.807) is 18.1 Å². The summed E-state index contributed by atoms with van der Waals surface area (Å²) in [5.74, 6) is 0.208. The lowest BCUT2D eigenvalue weighted by molar-refractivity contribution is -0.384. The van der Waals surface area contributed by atoms with Gasteiger partial charge in [0.2, 0.25) is 0 Å². The normalized spacial score (nSPS) is 17.4. The largest absolute Gasteiger partial charge is 0.497 e. The Morgan fingerprint density at radius 2 is 1.91 bits per heavy atom. The Morgan fingerprint density at radius 1 is 1.22 bits per heavy atom. The van der Waals surface area contributed by atoms with E-state index in [4.69, 9.17) is 4.74 Å². The summed E-state index contributed by atoms with van der Waals surface area (Å²) in [5.41, 5.74) is 0.287. The highest BCUT2D eigenvalue weighted by Crippen LogP contribution is 2.45. The van der Waals surface area contributed by atoms with Crippen molar-refractivity contribution in [1.82, 2.24) is 10.2 Å². The summed E-state index contributed by atoms with van der Waals surface area (Å²) in [6, 6.07) is 11.6. The third-order valence-electron chi connectivity index (χ3n) is 5.73. The van der Waals surface area contributed by atoms with Crippen LogP contribution in [-0.4, -0.2) is 35.3 Å². The van der Waals surface area contributed by atoms with Crippen LogP contribution in [0.4, 0.5) is 5.69 Å². The lowest BCUT2D eigenvalue weighted by atomic mass is 9.81. The number of non-ortho nitro benzene ring substituents is 1. The highest BCUT2D eigenvalue weighted by molar-refractivity contribution is 6.07. The molecule has 0 bridgehead atoms. The van der Waals surface area contributed by atoms with Gasteiger partial charge in [0.25, 0.3) is 17.5 Å². The van der Waals surface area contributed by atoms with E-state index in [0.717, 1.165) is 11.3 Å². The Balaban J connectivity index is 2.03. The van der Waals surface area contributed by atoms with Crippen molar-refractivity contribution in [2.45, 2.75) is 45.7 Å². The minimum atomic E-state index is -1.21. The molecule has 0 fully saturated rings. The predicted molar refractivity (Wildman–Crippen MR) is 120 cm³/mol. The van der Waals surface area contributed by atoms with Gasteiger partial charge in [0.05, 0.1) is 17.6 Å². The Bertz CT molecular complexity index is 1020. The van der Waals surface area contributed by atoms with E-state index in [1.807, 2.05) is 45.0 Å². The lowest BCUT2D eigenvalue weighted by Crippen LogP contribution is -2.55. The monoisotopic (exact) mass is 439 g/mol. The molecule has 2 aromatic rings. The highest BCUT2D eigenvalue weighted by Gasteiger charge is 2.54. The van der Waals surface area contributed by atoms with Crippen molar-refractivity contribution < 1.29 is 19.2 Å². The van der Waals surface area contributed by atoms with Gasteiger partial charge in [-0.3, -0.25) is 19.7 Å². The van der Waals surface area contributed by atoms with E-state index in [1.165, 1.54) is 12.1 Å². The van der Waals surface area contributed by atoms with Gasteiger partial charge in [-0.1, -0.05) is 32.9 Å². The van der Waals surface area contributed by atoms with Crippen LogP contribution in [0.15, 0.2) is 42.5 Å². The Morgan fingerprint density at radius 3 is 2.47 bits per heavy atom. The Kier molecular flexibility index (Phi) is 6.81. The van der Waals surface area contributed by atoms with E-state index in [2.05, 4.69) is 5.32 Å². The molecule has 1 heterocycles. The topological polar surface area (TPSA) is 102 Å². The van der Waals surface area contributed by atoms with E-state index in [9.17, 15) is 19.7 Å². The summed E-state index contributed by atoms with van der Waals surface area (Å²) in [7, 11) is 1.59. The van der Waals surface area contributed by atoms with Crippen LogP contribution in [0.25, 0.3) is 0 Å². The van der Waals surface area contributed by atoms with Crippen molar-refractivity contribution in [3.8, 4) is 5.75 Å². The molecule has 3 rings (SSSR count). The van der Waals surface area contributed by atoms with Crippen LogP contribution in [0.1, 0.15) is 55.1 Å². The van der Waals surface area contributed by atoms with Crippen molar-refractivity contribution in [3.05, 3.63) is 69.3 Å². The number of hydrogen-bond donors (Lipinski definition) is 1. The van der Waals surface area contributed by atoms with Gasteiger partial charge < -0.3 is 15.0 Å². The van der Waals surface area contributed by atoms with Gasteiger partial charge in [-0.15, -0.1) is 0 Å². The first-order valence-corrected chi connectivity index (χ1v) is 10.8. The Hall–Kier alpha value is -3.42. The molecule has 0 aliphatic carbocycles. The van der Waals surface area contributed by atoms with Crippen molar-refractivity contribution in [2.24, 2.45) is 5.92 Å². The summed E-state index contributed by atoms with van der Waals surface area (Å²) in [4.78, 5) is 39.4. The van der Waals surface area contributed by atoms with Crippen LogP contribution < -0.4 is 10.1 Å². The van der Waals surface area contributed by atoms with Crippen LogP contribution in [0.5, 0.6) is 5.75 Å². The van der Waals surface area contributed by atoms with Gasteiger partial charge in [0, 0.05) is 30.8 Å². The summed E-state index contributed by atoms with van der Waals surface area (Å²) >= 11 is 0. The molecular weight excluding hydrogens is 410 g/mol. The fourth-order valence-electron chi connectivity index (χ4n) is 4.38. The van der Waals surface area contributed by atoms with Crippen molar-refractivity contribution >= 4 is 17.5 Å². The molecule has 0 aromatic heterocycles. The molecule has 32 heavy (non-hydrogen) atoms. The van der Waals surface area contributed by atoms with Crippen LogP contribution in [0, 0.1) is 16.0 Å². The van der Waals surface area contributed by atoms with Crippen LogP contribution >= 0.6 is 0 Å². The molecule has 0 spiro atoms. The number of nitrogens with one attached hydrogen (secondary N) is 1. The first-order chi connectivity index (χ1) is 15.2. The molecule has 1 atom stereocenters. The number of ether oxygens (including phenoxy) is 1. The summed E-state index contributed by atoms with van der Waals surface area (Å²) in [6.07, 6.45) is 1.07. The number of nitro benzene ring substituents is 1. The quantitative estimate of drug-likeness (QED) is 0.470. The molecule has 0 radical (unpaired) electrons. The van der Waals surface area contributed by atoms with Crippen molar-refractivity contribution in [3.63, 3.8) is 0 Å².